The number of nitrogens with zero attached hydrogens (tertiary/aromatic N) is 4. The Bertz CT molecular complexity index is 723. The highest BCUT2D eigenvalue weighted by atomic mass is 16.5. The summed E-state index contributed by atoms with van der Waals surface area (Å²) >= 11 is 0. The van der Waals surface area contributed by atoms with Crippen LogP contribution in [0.15, 0.2) is 36.7 Å². The van der Waals surface area contributed by atoms with Gasteiger partial charge in [0.25, 0.3) is 0 Å². The van der Waals surface area contributed by atoms with Crippen molar-refractivity contribution < 1.29 is 4.74 Å². The Morgan fingerprint density at radius 2 is 2.15 bits per heavy atom. The van der Waals surface area contributed by atoms with Crippen LogP contribution < -0.4 is 10.5 Å². The Balaban J connectivity index is 1.92. The average molecular weight is 269 g/mol. The van der Waals surface area contributed by atoms with Crippen LogP contribution in [0, 0.1) is 0 Å². The number of hydrogen-bond donors (Lipinski definition) is 1. The van der Waals surface area contributed by atoms with Gasteiger partial charge < -0.3 is 10.5 Å². The molecule has 0 fully saturated rings. The Kier molecular flexibility index (Phi) is 3.20. The van der Waals surface area contributed by atoms with Gasteiger partial charge in [-0.2, -0.15) is 4.98 Å². The predicted molar refractivity (Wildman–Crippen MR) is 76.4 cm³/mol. The topological polar surface area (TPSA) is 78.9 Å². The molecular formula is C14H15N5O. The van der Waals surface area contributed by atoms with E-state index in [1.165, 1.54) is 0 Å². The van der Waals surface area contributed by atoms with Crippen LogP contribution in [0.5, 0.6) is 5.88 Å². The fraction of sp³-hybridized carbons (Fsp3) is 0.214. The summed E-state index contributed by atoms with van der Waals surface area (Å²) in [6, 6.07) is 7.60. The molecule has 3 heterocycles. The van der Waals surface area contributed by atoms with Crippen molar-refractivity contribution in [2.75, 3.05) is 12.8 Å². The Morgan fingerprint density at radius 3 is 2.90 bits per heavy atom. The molecule has 0 aliphatic carbocycles. The zero-order chi connectivity index (χ0) is 13.9. The first kappa shape index (κ1) is 12.4. The molecular weight excluding hydrogens is 254 g/mol. The number of ether oxygens (including phenoxy) is 1. The van der Waals surface area contributed by atoms with Gasteiger partial charge >= 0.3 is 0 Å². The number of fused-ring (bicyclic) bond motifs is 1. The maximum atomic E-state index is 5.96. The van der Waals surface area contributed by atoms with Crippen LogP contribution in [0.4, 0.5) is 5.95 Å². The Morgan fingerprint density at radius 1 is 1.25 bits per heavy atom. The van der Waals surface area contributed by atoms with Gasteiger partial charge in [-0.15, -0.1) is 0 Å². The fourth-order valence-corrected chi connectivity index (χ4v) is 2.12. The van der Waals surface area contributed by atoms with Gasteiger partial charge in [-0.25, -0.2) is 4.98 Å². The Hall–Kier alpha value is -2.63. The van der Waals surface area contributed by atoms with Crippen LogP contribution in [0.2, 0.25) is 0 Å². The number of rotatable bonds is 4. The van der Waals surface area contributed by atoms with Crippen LogP contribution in [0.3, 0.4) is 0 Å². The van der Waals surface area contributed by atoms with Gasteiger partial charge in [-0.1, -0.05) is 6.07 Å². The molecule has 0 bridgehead atoms. The summed E-state index contributed by atoms with van der Waals surface area (Å²) < 4.78 is 7.04. The predicted octanol–water partition coefficient (Wildman–Crippen LogP) is 1.66. The number of hydrogen-bond acceptors (Lipinski definition) is 5. The van der Waals surface area contributed by atoms with Gasteiger partial charge in [-0.3, -0.25) is 9.55 Å². The molecule has 2 N–H and O–H groups in total. The zero-order valence-corrected chi connectivity index (χ0v) is 11.2. The lowest BCUT2D eigenvalue weighted by atomic mass is 10.2. The van der Waals surface area contributed by atoms with E-state index in [1.807, 2.05) is 29.0 Å². The molecule has 102 valence electrons. The first-order valence-electron chi connectivity index (χ1n) is 6.33. The monoisotopic (exact) mass is 269 g/mol. The number of anilines is 1. The van der Waals surface area contributed by atoms with Crippen molar-refractivity contribution >= 4 is 17.1 Å². The maximum absolute atomic E-state index is 5.96. The van der Waals surface area contributed by atoms with Gasteiger partial charge in [0, 0.05) is 25.0 Å². The number of aromatic nitrogens is 4. The minimum Gasteiger partial charge on any atom is -0.481 e. The summed E-state index contributed by atoms with van der Waals surface area (Å²) in [5.74, 6) is 1.02. The maximum Gasteiger partial charge on any atom is 0.215 e. The fourth-order valence-electron chi connectivity index (χ4n) is 2.12. The molecule has 6 heteroatoms. The summed E-state index contributed by atoms with van der Waals surface area (Å²) in [5.41, 5.74) is 8.63. The number of methoxy groups -OCH3 is 1. The molecule has 0 aliphatic rings. The number of pyridine rings is 2. The molecule has 0 unspecified atom stereocenters. The van der Waals surface area contributed by atoms with E-state index in [0.717, 1.165) is 23.1 Å². The smallest absolute Gasteiger partial charge is 0.215 e. The summed E-state index contributed by atoms with van der Waals surface area (Å²) in [7, 11) is 1.59. The van der Waals surface area contributed by atoms with Gasteiger partial charge in [0.1, 0.15) is 5.52 Å². The van der Waals surface area contributed by atoms with Crippen LogP contribution in [-0.2, 0) is 13.0 Å². The van der Waals surface area contributed by atoms with Crippen LogP contribution >= 0.6 is 0 Å². The lowest BCUT2D eigenvalue weighted by Gasteiger charge is -2.06. The van der Waals surface area contributed by atoms with E-state index in [2.05, 4.69) is 15.0 Å². The highest BCUT2D eigenvalue weighted by Crippen LogP contribution is 2.19. The molecule has 0 spiro atoms. The minimum absolute atomic E-state index is 0.463. The molecule has 0 saturated heterocycles. The van der Waals surface area contributed by atoms with E-state index in [9.17, 15) is 0 Å². The van der Waals surface area contributed by atoms with Gasteiger partial charge in [0.05, 0.1) is 7.11 Å². The van der Waals surface area contributed by atoms with Gasteiger partial charge in [0.15, 0.2) is 5.65 Å². The first-order valence-corrected chi connectivity index (χ1v) is 6.33. The zero-order valence-electron chi connectivity index (χ0n) is 11.2. The van der Waals surface area contributed by atoms with E-state index >= 15 is 0 Å². The largest absolute Gasteiger partial charge is 0.481 e. The van der Waals surface area contributed by atoms with Crippen LogP contribution in [0.1, 0.15) is 5.56 Å². The third-order valence-electron chi connectivity index (χ3n) is 3.15. The Labute approximate surface area is 116 Å². The van der Waals surface area contributed by atoms with Gasteiger partial charge in [-0.05, 0) is 24.1 Å². The van der Waals surface area contributed by atoms with Gasteiger partial charge in [0.2, 0.25) is 11.8 Å². The summed E-state index contributed by atoms with van der Waals surface area (Å²) in [5, 5.41) is 0. The minimum atomic E-state index is 0.463. The van der Waals surface area contributed by atoms with Crippen molar-refractivity contribution in [3.63, 3.8) is 0 Å². The first-order chi connectivity index (χ1) is 9.78. The number of aryl methyl sites for hydroxylation is 2. The molecule has 6 nitrogen and oxygen atoms in total. The van der Waals surface area contributed by atoms with E-state index in [0.29, 0.717) is 18.4 Å². The normalized spacial score (nSPS) is 10.8. The number of nitrogen functional groups attached to an aromatic ring is 1. The number of nitrogens with two attached hydrogens (primary N) is 1. The summed E-state index contributed by atoms with van der Waals surface area (Å²) in [6.45, 7) is 0.703. The number of imidazole rings is 1. The SMILES string of the molecule is COc1ccc2nc(N)n(CCc3cccnc3)c2n1. The molecule has 0 radical (unpaired) electrons. The highest BCUT2D eigenvalue weighted by molar-refractivity contribution is 5.74. The van der Waals surface area contributed by atoms with Crippen molar-refractivity contribution in [1.82, 2.24) is 19.5 Å². The molecule has 0 amide bonds. The highest BCUT2D eigenvalue weighted by Gasteiger charge is 2.10. The van der Waals surface area contributed by atoms with E-state index < -0.39 is 0 Å². The van der Waals surface area contributed by atoms with E-state index in [1.54, 1.807) is 19.4 Å². The van der Waals surface area contributed by atoms with Crippen molar-refractivity contribution in [1.29, 1.82) is 0 Å². The van der Waals surface area contributed by atoms with E-state index in [-0.39, 0.29) is 0 Å². The molecule has 3 aromatic rings. The van der Waals surface area contributed by atoms with Crippen LogP contribution in [0.25, 0.3) is 11.2 Å². The second-order valence-electron chi connectivity index (χ2n) is 4.43. The quantitative estimate of drug-likeness (QED) is 0.779. The molecule has 20 heavy (non-hydrogen) atoms. The van der Waals surface area contributed by atoms with Crippen LogP contribution in [-0.4, -0.2) is 26.6 Å². The summed E-state index contributed by atoms with van der Waals surface area (Å²) in [4.78, 5) is 12.8. The average Bonchev–Trinajstić information content (AvgIpc) is 2.80. The van der Waals surface area contributed by atoms with Crippen molar-refractivity contribution in [2.45, 2.75) is 13.0 Å². The van der Waals surface area contributed by atoms with Crippen molar-refractivity contribution in [2.24, 2.45) is 0 Å². The molecule has 3 rings (SSSR count). The molecule has 0 aromatic carbocycles. The molecule has 0 aliphatic heterocycles. The molecule has 3 aromatic heterocycles. The third kappa shape index (κ3) is 2.27. The summed E-state index contributed by atoms with van der Waals surface area (Å²) in [6.07, 6.45) is 4.43. The molecule has 0 atom stereocenters. The molecule has 0 saturated carbocycles. The van der Waals surface area contributed by atoms with Crippen molar-refractivity contribution in [3.8, 4) is 5.88 Å². The second kappa shape index (κ2) is 5.16. The lowest BCUT2D eigenvalue weighted by molar-refractivity contribution is 0.399. The standard InChI is InChI=1S/C14H15N5O/c1-20-12-5-4-11-13(18-12)19(14(15)17-11)8-6-10-3-2-7-16-9-10/h2-5,7,9H,6,8H2,1H3,(H2,15,17). The third-order valence-corrected chi connectivity index (χ3v) is 3.15. The van der Waals surface area contributed by atoms with E-state index in [4.69, 9.17) is 10.5 Å². The lowest BCUT2D eigenvalue weighted by Crippen LogP contribution is -2.06. The second-order valence-corrected chi connectivity index (χ2v) is 4.43. The van der Waals surface area contributed by atoms with Crippen molar-refractivity contribution in [3.05, 3.63) is 42.2 Å².